The third-order valence-corrected chi connectivity index (χ3v) is 4.95. The fourth-order valence-corrected chi connectivity index (χ4v) is 3.41. The molecule has 0 radical (unpaired) electrons. The van der Waals surface area contributed by atoms with Gasteiger partial charge >= 0.3 is 0 Å². The molecular formula is C25H26ClNO. The molecule has 0 aliphatic rings. The third-order valence-electron chi connectivity index (χ3n) is 4.54. The molecule has 0 aliphatic heterocycles. The van der Waals surface area contributed by atoms with Crippen LogP contribution < -0.4 is 10.1 Å². The Balaban J connectivity index is 1.85. The van der Waals surface area contributed by atoms with E-state index in [0.717, 1.165) is 59.0 Å². The van der Waals surface area contributed by atoms with Gasteiger partial charge < -0.3 is 10.1 Å². The minimum Gasteiger partial charge on any atom is -0.494 e. The van der Waals surface area contributed by atoms with E-state index in [2.05, 4.69) is 29.6 Å². The molecule has 3 rings (SSSR count). The number of hydrogen-bond acceptors (Lipinski definition) is 2. The fourth-order valence-electron chi connectivity index (χ4n) is 3.07. The van der Waals surface area contributed by atoms with Gasteiger partial charge in [0.25, 0.3) is 0 Å². The highest BCUT2D eigenvalue weighted by molar-refractivity contribution is 6.53. The summed E-state index contributed by atoms with van der Waals surface area (Å²) in [6.45, 7) is 1.75. The molecule has 3 aromatic carbocycles. The monoisotopic (exact) mass is 391 g/mol. The third kappa shape index (κ3) is 5.48. The van der Waals surface area contributed by atoms with Crippen molar-refractivity contribution >= 4 is 22.2 Å². The van der Waals surface area contributed by atoms with Crippen molar-refractivity contribution in [2.45, 2.75) is 12.8 Å². The van der Waals surface area contributed by atoms with Gasteiger partial charge in [-0.15, -0.1) is 0 Å². The molecule has 144 valence electrons. The number of benzene rings is 3. The van der Waals surface area contributed by atoms with Crippen LogP contribution in [0.5, 0.6) is 5.75 Å². The second-order valence-electron chi connectivity index (χ2n) is 6.60. The summed E-state index contributed by atoms with van der Waals surface area (Å²) in [7, 11) is 1.97. The Hall–Kier alpha value is -2.55. The Labute approximate surface area is 172 Å². The molecular weight excluding hydrogens is 366 g/mol. The van der Waals surface area contributed by atoms with Crippen molar-refractivity contribution in [3.8, 4) is 5.75 Å². The van der Waals surface area contributed by atoms with Gasteiger partial charge in [-0.2, -0.15) is 0 Å². The van der Waals surface area contributed by atoms with Crippen LogP contribution in [0.4, 0.5) is 0 Å². The largest absolute Gasteiger partial charge is 0.494 e. The summed E-state index contributed by atoms with van der Waals surface area (Å²) in [5.74, 6) is 0.886. The van der Waals surface area contributed by atoms with Crippen LogP contribution in [0.3, 0.4) is 0 Å². The molecule has 0 amide bonds. The maximum absolute atomic E-state index is 6.86. The topological polar surface area (TPSA) is 21.3 Å². The standard InChI is InChI=1S/C25H26ClNO/c1-27-18-8-9-19-28-23-16-14-21(15-17-23)24(20-10-4-2-5-11-20)25(26)22-12-6-3-7-13-22/h2-7,10-17,27H,8-9,18-19H2,1H3. The molecule has 3 aromatic rings. The average Bonchev–Trinajstić information content (AvgIpc) is 2.76. The lowest BCUT2D eigenvalue weighted by molar-refractivity contribution is 0.306. The van der Waals surface area contributed by atoms with Gasteiger partial charge in [-0.25, -0.2) is 0 Å². The van der Waals surface area contributed by atoms with Crippen LogP contribution in [-0.4, -0.2) is 20.2 Å². The molecule has 0 saturated heterocycles. The molecule has 0 unspecified atom stereocenters. The van der Waals surface area contributed by atoms with Crippen LogP contribution in [0.2, 0.25) is 0 Å². The maximum atomic E-state index is 6.86. The van der Waals surface area contributed by atoms with Gasteiger partial charge in [-0.05, 0) is 55.3 Å². The number of hydrogen-bond donors (Lipinski definition) is 1. The lowest BCUT2D eigenvalue weighted by atomic mass is 9.95. The molecule has 0 bridgehead atoms. The highest BCUT2D eigenvalue weighted by Crippen LogP contribution is 2.35. The number of rotatable bonds is 9. The molecule has 0 fully saturated rings. The van der Waals surface area contributed by atoms with E-state index in [4.69, 9.17) is 16.3 Å². The SMILES string of the molecule is CNCCCCOc1ccc(C(=C(Cl)c2ccccc2)c2ccccc2)cc1. The zero-order chi connectivity index (χ0) is 19.6. The van der Waals surface area contributed by atoms with E-state index in [1.165, 1.54) is 0 Å². The summed E-state index contributed by atoms with van der Waals surface area (Å²) < 4.78 is 5.86. The first kappa shape index (κ1) is 20.2. The van der Waals surface area contributed by atoms with E-state index in [-0.39, 0.29) is 0 Å². The fraction of sp³-hybridized carbons (Fsp3) is 0.200. The Morgan fingerprint density at radius 2 is 1.32 bits per heavy atom. The van der Waals surface area contributed by atoms with Gasteiger partial charge in [0.05, 0.1) is 11.6 Å². The van der Waals surface area contributed by atoms with Crippen LogP contribution in [0, 0.1) is 0 Å². The van der Waals surface area contributed by atoms with Gasteiger partial charge in [-0.3, -0.25) is 0 Å². The summed E-state index contributed by atoms with van der Waals surface area (Å²) in [5, 5.41) is 3.90. The van der Waals surface area contributed by atoms with Crippen molar-refractivity contribution in [1.29, 1.82) is 0 Å². The van der Waals surface area contributed by atoms with E-state index < -0.39 is 0 Å². The van der Waals surface area contributed by atoms with Gasteiger partial charge in [0.15, 0.2) is 0 Å². The quantitative estimate of drug-likeness (QED) is 0.345. The predicted octanol–water partition coefficient (Wildman–Crippen LogP) is 6.22. The molecule has 28 heavy (non-hydrogen) atoms. The lowest BCUT2D eigenvalue weighted by Crippen LogP contribution is -2.09. The van der Waals surface area contributed by atoms with Crippen molar-refractivity contribution in [2.24, 2.45) is 0 Å². The summed E-state index contributed by atoms with van der Waals surface area (Å²) in [4.78, 5) is 0. The second-order valence-corrected chi connectivity index (χ2v) is 6.98. The number of unbranched alkanes of at least 4 members (excludes halogenated alkanes) is 1. The Morgan fingerprint density at radius 1 is 0.750 bits per heavy atom. The van der Waals surface area contributed by atoms with Gasteiger partial charge in [0.2, 0.25) is 0 Å². The first-order chi connectivity index (χ1) is 13.8. The molecule has 0 saturated carbocycles. The average molecular weight is 392 g/mol. The number of ether oxygens (including phenoxy) is 1. The molecule has 3 heteroatoms. The molecule has 0 spiro atoms. The Morgan fingerprint density at radius 3 is 1.93 bits per heavy atom. The normalized spacial score (nSPS) is 11.8. The molecule has 0 atom stereocenters. The number of nitrogens with one attached hydrogen (secondary N) is 1. The van der Waals surface area contributed by atoms with Crippen molar-refractivity contribution in [3.05, 3.63) is 102 Å². The van der Waals surface area contributed by atoms with Crippen LogP contribution >= 0.6 is 11.6 Å². The number of halogens is 1. The highest BCUT2D eigenvalue weighted by atomic mass is 35.5. The first-order valence-corrected chi connectivity index (χ1v) is 10.1. The van der Waals surface area contributed by atoms with Gasteiger partial charge in [0.1, 0.15) is 5.75 Å². The minimum absolute atomic E-state index is 0.729. The Bertz CT molecular complexity index is 873. The van der Waals surface area contributed by atoms with E-state index in [1.54, 1.807) is 0 Å². The molecule has 0 aromatic heterocycles. The first-order valence-electron chi connectivity index (χ1n) is 9.68. The van der Waals surface area contributed by atoms with Crippen molar-refractivity contribution < 1.29 is 4.74 Å². The predicted molar refractivity (Wildman–Crippen MR) is 120 cm³/mol. The van der Waals surface area contributed by atoms with Gasteiger partial charge in [0, 0.05) is 5.57 Å². The van der Waals surface area contributed by atoms with Gasteiger partial charge in [-0.1, -0.05) is 84.4 Å². The van der Waals surface area contributed by atoms with Crippen molar-refractivity contribution in [3.63, 3.8) is 0 Å². The summed E-state index contributed by atoms with van der Waals surface area (Å²) in [6, 6.07) is 28.5. The zero-order valence-corrected chi connectivity index (χ0v) is 17.0. The molecule has 0 aliphatic carbocycles. The Kier molecular flexibility index (Phi) is 7.71. The summed E-state index contributed by atoms with van der Waals surface area (Å²) in [5.41, 5.74) is 4.20. The van der Waals surface area contributed by atoms with Crippen LogP contribution in [0.15, 0.2) is 84.9 Å². The van der Waals surface area contributed by atoms with E-state index in [9.17, 15) is 0 Å². The minimum atomic E-state index is 0.729. The molecule has 2 nitrogen and oxygen atoms in total. The lowest BCUT2D eigenvalue weighted by Gasteiger charge is -2.13. The van der Waals surface area contributed by atoms with Crippen molar-refractivity contribution in [1.82, 2.24) is 5.32 Å². The highest BCUT2D eigenvalue weighted by Gasteiger charge is 2.12. The zero-order valence-electron chi connectivity index (χ0n) is 16.2. The van der Waals surface area contributed by atoms with Crippen LogP contribution in [-0.2, 0) is 0 Å². The second kappa shape index (κ2) is 10.7. The smallest absolute Gasteiger partial charge is 0.119 e. The van der Waals surface area contributed by atoms with E-state index in [0.29, 0.717) is 0 Å². The van der Waals surface area contributed by atoms with Crippen LogP contribution in [0.25, 0.3) is 10.6 Å². The summed E-state index contributed by atoms with van der Waals surface area (Å²) >= 11 is 6.86. The van der Waals surface area contributed by atoms with Crippen LogP contribution in [0.1, 0.15) is 29.5 Å². The molecule has 1 N–H and O–H groups in total. The molecule has 0 heterocycles. The van der Waals surface area contributed by atoms with Crippen molar-refractivity contribution in [2.75, 3.05) is 20.2 Å². The van der Waals surface area contributed by atoms with E-state index in [1.807, 2.05) is 67.7 Å². The summed E-state index contributed by atoms with van der Waals surface area (Å²) in [6.07, 6.45) is 2.15. The van der Waals surface area contributed by atoms with E-state index >= 15 is 0 Å². The maximum Gasteiger partial charge on any atom is 0.119 e.